The summed E-state index contributed by atoms with van der Waals surface area (Å²) in [5, 5.41) is 4.87. The number of hydrogen-bond donors (Lipinski definition) is 1. The quantitative estimate of drug-likeness (QED) is 0.376. The number of amides is 1. The molecule has 0 aliphatic carbocycles. The summed E-state index contributed by atoms with van der Waals surface area (Å²) in [4.78, 5) is 12.1. The number of carbonyl (C=O) groups is 1. The van der Waals surface area contributed by atoms with E-state index in [-0.39, 0.29) is 5.91 Å². The third-order valence-electron chi connectivity index (χ3n) is 4.87. The van der Waals surface area contributed by atoms with Crippen molar-refractivity contribution < 1.29 is 4.79 Å². The van der Waals surface area contributed by atoms with Crippen LogP contribution in [-0.2, 0) is 10.5 Å². The van der Waals surface area contributed by atoms with E-state index in [1.54, 1.807) is 18.0 Å². The Morgan fingerprint density at radius 1 is 1.10 bits per heavy atom. The van der Waals surface area contributed by atoms with Crippen molar-refractivity contribution in [2.45, 2.75) is 33.4 Å². The molecular formula is C24H26ClN3OS. The van der Waals surface area contributed by atoms with Gasteiger partial charge < -0.3 is 4.57 Å². The van der Waals surface area contributed by atoms with E-state index in [1.807, 2.05) is 24.3 Å². The Morgan fingerprint density at radius 3 is 2.53 bits per heavy atom. The van der Waals surface area contributed by atoms with Gasteiger partial charge in [0.1, 0.15) is 0 Å². The van der Waals surface area contributed by atoms with Crippen LogP contribution in [0.2, 0.25) is 5.02 Å². The highest BCUT2D eigenvalue weighted by molar-refractivity contribution is 7.99. The van der Waals surface area contributed by atoms with E-state index in [2.05, 4.69) is 67.1 Å². The van der Waals surface area contributed by atoms with Crippen LogP contribution in [0.15, 0.2) is 53.6 Å². The Hall–Kier alpha value is -2.50. The molecule has 0 atom stereocenters. The van der Waals surface area contributed by atoms with Gasteiger partial charge in [0.05, 0.1) is 12.0 Å². The number of benzene rings is 2. The Bertz CT molecular complexity index is 1070. The summed E-state index contributed by atoms with van der Waals surface area (Å²) >= 11 is 7.43. The van der Waals surface area contributed by atoms with Gasteiger partial charge in [-0.2, -0.15) is 5.10 Å². The van der Waals surface area contributed by atoms with E-state index in [0.29, 0.717) is 10.8 Å². The van der Waals surface area contributed by atoms with Crippen molar-refractivity contribution in [3.8, 4) is 5.69 Å². The first-order chi connectivity index (χ1) is 14.3. The van der Waals surface area contributed by atoms with Gasteiger partial charge in [0.2, 0.25) is 5.91 Å². The third-order valence-corrected chi connectivity index (χ3v) is 6.13. The fraction of sp³-hybridized carbons (Fsp3) is 0.250. The average molecular weight is 440 g/mol. The topological polar surface area (TPSA) is 46.4 Å². The molecule has 0 aliphatic heterocycles. The molecule has 0 radical (unpaired) electrons. The van der Waals surface area contributed by atoms with Crippen LogP contribution in [-0.4, -0.2) is 22.4 Å². The minimum Gasteiger partial charge on any atom is -0.318 e. The second kappa shape index (κ2) is 10.0. The first kappa shape index (κ1) is 22.2. The number of thioether (sulfide) groups is 1. The lowest BCUT2D eigenvalue weighted by Crippen LogP contribution is -2.19. The lowest BCUT2D eigenvalue weighted by atomic mass is 10.1. The monoisotopic (exact) mass is 439 g/mol. The van der Waals surface area contributed by atoms with Crippen LogP contribution < -0.4 is 5.43 Å². The second-order valence-electron chi connectivity index (χ2n) is 7.36. The summed E-state index contributed by atoms with van der Waals surface area (Å²) in [5.74, 6) is 0.987. The molecule has 0 saturated heterocycles. The van der Waals surface area contributed by atoms with Gasteiger partial charge in [-0.05, 0) is 63.1 Å². The van der Waals surface area contributed by atoms with Crippen LogP contribution in [0.4, 0.5) is 0 Å². The summed E-state index contributed by atoms with van der Waals surface area (Å²) in [7, 11) is 0. The zero-order chi connectivity index (χ0) is 21.7. The Labute approximate surface area is 187 Å². The molecule has 3 aromatic rings. The molecule has 1 aromatic heterocycles. The number of halogens is 1. The average Bonchev–Trinajstić information content (AvgIpc) is 2.97. The number of carbonyl (C=O) groups excluding carboxylic acids is 1. The van der Waals surface area contributed by atoms with Crippen molar-refractivity contribution in [1.82, 2.24) is 9.99 Å². The molecule has 4 nitrogen and oxygen atoms in total. The van der Waals surface area contributed by atoms with Crippen molar-refractivity contribution in [2.24, 2.45) is 5.10 Å². The lowest BCUT2D eigenvalue weighted by Gasteiger charge is -2.13. The van der Waals surface area contributed by atoms with Crippen LogP contribution in [0.3, 0.4) is 0 Å². The highest BCUT2D eigenvalue weighted by Gasteiger charge is 2.11. The summed E-state index contributed by atoms with van der Waals surface area (Å²) in [6.45, 7) is 8.37. The molecular weight excluding hydrogens is 414 g/mol. The molecule has 1 amide bonds. The number of hydrazone groups is 1. The third kappa shape index (κ3) is 5.55. The van der Waals surface area contributed by atoms with E-state index < -0.39 is 0 Å². The van der Waals surface area contributed by atoms with Gasteiger partial charge in [-0.3, -0.25) is 4.79 Å². The van der Waals surface area contributed by atoms with Crippen LogP contribution in [0.25, 0.3) is 5.69 Å². The van der Waals surface area contributed by atoms with E-state index >= 15 is 0 Å². The van der Waals surface area contributed by atoms with Crippen molar-refractivity contribution in [2.75, 3.05) is 5.75 Å². The molecule has 0 aliphatic rings. The molecule has 2 aromatic carbocycles. The normalized spacial score (nSPS) is 11.2. The zero-order valence-corrected chi connectivity index (χ0v) is 19.3. The minimum atomic E-state index is -0.117. The standard InChI is InChI=1S/C24H26ClN3OS/c1-16-5-10-23(17(2)11-16)28-18(3)12-21(19(28)4)13-26-27-24(29)15-30-14-20-6-8-22(25)9-7-20/h5-13H,14-15H2,1-4H3,(H,27,29)/b26-13+. The Morgan fingerprint density at radius 2 is 1.83 bits per heavy atom. The van der Waals surface area contributed by atoms with Crippen molar-refractivity contribution >= 4 is 35.5 Å². The molecule has 30 heavy (non-hydrogen) atoms. The van der Waals surface area contributed by atoms with Gasteiger partial charge >= 0.3 is 0 Å². The zero-order valence-electron chi connectivity index (χ0n) is 17.7. The van der Waals surface area contributed by atoms with Gasteiger partial charge in [0.25, 0.3) is 0 Å². The number of nitrogens with zero attached hydrogens (tertiary/aromatic N) is 2. The predicted octanol–water partition coefficient (Wildman–Crippen LogP) is 5.75. The van der Waals surface area contributed by atoms with E-state index in [9.17, 15) is 4.79 Å². The maximum atomic E-state index is 12.1. The van der Waals surface area contributed by atoms with Gasteiger partial charge in [-0.1, -0.05) is 41.4 Å². The van der Waals surface area contributed by atoms with Gasteiger partial charge in [-0.15, -0.1) is 11.8 Å². The maximum absolute atomic E-state index is 12.1. The van der Waals surface area contributed by atoms with Gasteiger partial charge in [-0.25, -0.2) is 5.43 Å². The van der Waals surface area contributed by atoms with Crippen molar-refractivity contribution in [1.29, 1.82) is 0 Å². The lowest BCUT2D eigenvalue weighted by molar-refractivity contribution is -0.118. The largest absolute Gasteiger partial charge is 0.318 e. The highest BCUT2D eigenvalue weighted by atomic mass is 35.5. The number of rotatable bonds is 7. The summed E-state index contributed by atoms with van der Waals surface area (Å²) in [6, 6.07) is 16.2. The first-order valence-corrected chi connectivity index (χ1v) is 11.3. The fourth-order valence-corrected chi connectivity index (χ4v) is 4.30. The molecule has 3 rings (SSSR count). The van der Waals surface area contributed by atoms with Crippen LogP contribution in [0, 0.1) is 27.7 Å². The number of nitrogens with one attached hydrogen (secondary N) is 1. The molecule has 0 unspecified atom stereocenters. The molecule has 156 valence electrons. The first-order valence-electron chi connectivity index (χ1n) is 9.76. The predicted molar refractivity (Wildman–Crippen MR) is 128 cm³/mol. The van der Waals surface area contributed by atoms with Crippen LogP contribution >= 0.6 is 23.4 Å². The second-order valence-corrected chi connectivity index (χ2v) is 8.79. The molecule has 1 heterocycles. The molecule has 0 bridgehead atoms. The van der Waals surface area contributed by atoms with Crippen LogP contribution in [0.1, 0.15) is 33.6 Å². The number of aromatic nitrogens is 1. The van der Waals surface area contributed by atoms with E-state index in [1.165, 1.54) is 11.1 Å². The summed E-state index contributed by atoms with van der Waals surface area (Å²) in [6.07, 6.45) is 1.71. The molecule has 1 N–H and O–H groups in total. The van der Waals surface area contributed by atoms with Crippen LogP contribution in [0.5, 0.6) is 0 Å². The minimum absolute atomic E-state index is 0.117. The molecule has 0 spiro atoms. The molecule has 6 heteroatoms. The Balaban J connectivity index is 1.58. The number of aryl methyl sites for hydroxylation is 3. The van der Waals surface area contributed by atoms with Crippen molar-refractivity contribution in [3.63, 3.8) is 0 Å². The SMILES string of the molecule is Cc1ccc(-n2c(C)cc(/C=N/NC(=O)CSCc3ccc(Cl)cc3)c2C)c(C)c1. The smallest absolute Gasteiger partial charge is 0.250 e. The molecule has 0 saturated carbocycles. The van der Waals surface area contributed by atoms with E-state index in [4.69, 9.17) is 11.6 Å². The summed E-state index contributed by atoms with van der Waals surface area (Å²) in [5.41, 5.74) is 10.6. The summed E-state index contributed by atoms with van der Waals surface area (Å²) < 4.78 is 2.22. The Kier molecular flexibility index (Phi) is 7.40. The maximum Gasteiger partial charge on any atom is 0.250 e. The molecule has 0 fully saturated rings. The van der Waals surface area contributed by atoms with Crippen molar-refractivity contribution in [3.05, 3.63) is 87.2 Å². The van der Waals surface area contributed by atoms with Gasteiger partial charge in [0, 0.05) is 33.4 Å². The van der Waals surface area contributed by atoms with E-state index in [0.717, 1.165) is 34.0 Å². The highest BCUT2D eigenvalue weighted by Crippen LogP contribution is 2.23. The number of hydrogen-bond acceptors (Lipinski definition) is 3. The van der Waals surface area contributed by atoms with Gasteiger partial charge in [0.15, 0.2) is 0 Å². The fourth-order valence-electron chi connectivity index (χ4n) is 3.39.